The second-order valence-electron chi connectivity index (χ2n) is 4.71. The van der Waals surface area contributed by atoms with Crippen LogP contribution in [-0.4, -0.2) is 20.4 Å². The van der Waals surface area contributed by atoms with E-state index in [9.17, 15) is 0 Å². The number of fused-ring (bicyclic) bond motifs is 1. The zero-order valence-electron chi connectivity index (χ0n) is 11.5. The summed E-state index contributed by atoms with van der Waals surface area (Å²) in [5, 5.41) is 4.54. The molecule has 0 bridgehead atoms. The van der Waals surface area contributed by atoms with Gasteiger partial charge in [-0.05, 0) is 30.3 Å². The van der Waals surface area contributed by atoms with Crippen molar-refractivity contribution in [1.82, 2.24) is 14.4 Å². The van der Waals surface area contributed by atoms with Gasteiger partial charge in [0.05, 0.1) is 10.7 Å². The van der Waals surface area contributed by atoms with Crippen LogP contribution in [0.2, 0.25) is 5.02 Å². The molecule has 0 saturated carbocycles. The number of nitrogens with two attached hydrogens (primary N) is 1. The molecule has 0 aromatic carbocycles. The molecule has 110 valence electrons. The lowest BCUT2D eigenvalue weighted by Gasteiger charge is -2.09. The lowest BCUT2D eigenvalue weighted by atomic mass is 10.1. The minimum absolute atomic E-state index is 0.141. The molecule has 21 heavy (non-hydrogen) atoms. The quantitative estimate of drug-likeness (QED) is 0.767. The summed E-state index contributed by atoms with van der Waals surface area (Å²) in [6.07, 6.45) is 5.45. The Morgan fingerprint density at radius 2 is 2.33 bits per heavy atom. The van der Waals surface area contributed by atoms with Crippen molar-refractivity contribution < 1.29 is 0 Å². The monoisotopic (exact) mass is 338 g/mol. The predicted octanol–water partition coefficient (Wildman–Crippen LogP) is 3.88. The van der Waals surface area contributed by atoms with Crippen molar-refractivity contribution in [2.75, 3.05) is 0 Å². The fourth-order valence-electron chi connectivity index (χ4n) is 1.99. The Morgan fingerprint density at radius 1 is 1.48 bits per heavy atom. The minimum atomic E-state index is 0.141. The van der Waals surface area contributed by atoms with Gasteiger partial charge < -0.3 is 5.73 Å². The molecule has 3 heterocycles. The van der Waals surface area contributed by atoms with Crippen LogP contribution >= 0.6 is 34.7 Å². The lowest BCUT2D eigenvalue weighted by Crippen LogP contribution is -2.22. The molecule has 3 rings (SSSR count). The van der Waals surface area contributed by atoms with E-state index in [4.69, 9.17) is 22.3 Å². The van der Waals surface area contributed by atoms with Crippen LogP contribution in [0.1, 0.15) is 19.0 Å². The van der Waals surface area contributed by atoms with Crippen LogP contribution in [0.4, 0.5) is 0 Å². The number of rotatable bonds is 5. The molecule has 7 heteroatoms. The van der Waals surface area contributed by atoms with E-state index in [0.717, 1.165) is 33.5 Å². The Kier molecular flexibility index (Phi) is 4.49. The van der Waals surface area contributed by atoms with Gasteiger partial charge in [0, 0.05) is 30.2 Å². The molecular weight excluding hydrogens is 324 g/mol. The molecule has 2 N–H and O–H groups in total. The van der Waals surface area contributed by atoms with Crippen LogP contribution in [-0.2, 0) is 6.42 Å². The molecule has 0 fully saturated rings. The molecule has 0 aliphatic rings. The molecular formula is C14H15ClN4S2. The third-order valence-corrected chi connectivity index (χ3v) is 5.16. The van der Waals surface area contributed by atoms with Gasteiger partial charge in [-0.2, -0.15) is 0 Å². The van der Waals surface area contributed by atoms with Crippen molar-refractivity contribution >= 4 is 39.7 Å². The van der Waals surface area contributed by atoms with Crippen LogP contribution in [0.15, 0.2) is 40.0 Å². The van der Waals surface area contributed by atoms with Gasteiger partial charge in [-0.1, -0.05) is 18.5 Å². The molecule has 0 amide bonds. The maximum Gasteiger partial charge on any atom is 0.194 e. The summed E-state index contributed by atoms with van der Waals surface area (Å²) < 4.78 is 2.12. The van der Waals surface area contributed by atoms with Gasteiger partial charge in [-0.15, -0.1) is 11.3 Å². The first-order valence-electron chi connectivity index (χ1n) is 6.66. The Morgan fingerprint density at radius 3 is 3.05 bits per heavy atom. The number of hydrogen-bond acceptors (Lipinski definition) is 5. The van der Waals surface area contributed by atoms with Crippen molar-refractivity contribution in [1.29, 1.82) is 0 Å². The highest BCUT2D eigenvalue weighted by Crippen LogP contribution is 2.31. The van der Waals surface area contributed by atoms with Crippen LogP contribution in [0.3, 0.4) is 0 Å². The smallest absolute Gasteiger partial charge is 0.194 e. The van der Waals surface area contributed by atoms with Crippen molar-refractivity contribution in [2.24, 2.45) is 5.73 Å². The fraction of sp³-hybridized carbons (Fsp3) is 0.286. The number of thiazole rings is 1. The largest absolute Gasteiger partial charge is 0.327 e. The summed E-state index contributed by atoms with van der Waals surface area (Å²) in [7, 11) is 0. The zero-order valence-corrected chi connectivity index (χ0v) is 13.9. The summed E-state index contributed by atoms with van der Waals surface area (Å²) in [5.41, 5.74) is 7.28. The number of imidazole rings is 1. The SMILES string of the molecule is CCC(N)Cc1c(Sc2ccc(Cl)cn2)nc2sccn12. The third-order valence-electron chi connectivity index (χ3n) is 3.21. The fourth-order valence-corrected chi connectivity index (χ4v) is 3.77. The Balaban J connectivity index is 1.94. The zero-order chi connectivity index (χ0) is 14.8. The molecule has 0 saturated heterocycles. The van der Waals surface area contributed by atoms with Gasteiger partial charge in [0.1, 0.15) is 10.1 Å². The average molecular weight is 339 g/mol. The Hall–Kier alpha value is -1.08. The molecule has 0 spiro atoms. The first-order chi connectivity index (χ1) is 10.2. The van der Waals surface area contributed by atoms with Crippen LogP contribution in [0.25, 0.3) is 4.96 Å². The third kappa shape index (κ3) is 3.23. The minimum Gasteiger partial charge on any atom is -0.327 e. The van der Waals surface area contributed by atoms with E-state index in [-0.39, 0.29) is 6.04 Å². The lowest BCUT2D eigenvalue weighted by molar-refractivity contribution is 0.627. The molecule has 3 aromatic heterocycles. The van der Waals surface area contributed by atoms with E-state index >= 15 is 0 Å². The topological polar surface area (TPSA) is 56.2 Å². The molecule has 0 aliphatic carbocycles. The second kappa shape index (κ2) is 6.36. The predicted molar refractivity (Wildman–Crippen MR) is 88.4 cm³/mol. The number of pyridine rings is 1. The molecule has 3 aromatic rings. The van der Waals surface area contributed by atoms with Crippen LogP contribution in [0.5, 0.6) is 0 Å². The summed E-state index contributed by atoms with van der Waals surface area (Å²) in [5.74, 6) is 0. The Labute approximate surface area is 136 Å². The maximum atomic E-state index is 6.13. The highest BCUT2D eigenvalue weighted by molar-refractivity contribution is 7.99. The van der Waals surface area contributed by atoms with E-state index in [1.165, 1.54) is 0 Å². The first-order valence-corrected chi connectivity index (χ1v) is 8.74. The summed E-state index contributed by atoms with van der Waals surface area (Å²) in [4.78, 5) is 10.0. The molecule has 1 unspecified atom stereocenters. The highest BCUT2D eigenvalue weighted by Gasteiger charge is 2.17. The molecule has 4 nitrogen and oxygen atoms in total. The van der Waals surface area contributed by atoms with Crippen molar-refractivity contribution in [2.45, 2.75) is 35.9 Å². The number of nitrogens with zero attached hydrogens (tertiary/aromatic N) is 3. The normalized spacial score (nSPS) is 12.9. The first kappa shape index (κ1) is 14.8. The molecule has 0 radical (unpaired) electrons. The van der Waals surface area contributed by atoms with Gasteiger partial charge in [-0.25, -0.2) is 9.97 Å². The van der Waals surface area contributed by atoms with Gasteiger partial charge >= 0.3 is 0 Å². The standard InChI is InChI=1S/C14H15ClN4S2/c1-2-10(16)7-11-13(18-14-19(11)5-6-20-14)21-12-4-3-9(15)8-17-12/h3-6,8,10H,2,7,16H2,1H3. The highest BCUT2D eigenvalue weighted by atomic mass is 35.5. The van der Waals surface area contributed by atoms with E-state index in [1.807, 2.05) is 23.7 Å². The van der Waals surface area contributed by atoms with Crippen molar-refractivity contribution in [3.05, 3.63) is 40.6 Å². The molecule has 1 atom stereocenters. The maximum absolute atomic E-state index is 6.13. The molecule has 0 aliphatic heterocycles. The number of aromatic nitrogens is 3. The Bertz CT molecular complexity index is 735. The van der Waals surface area contributed by atoms with Crippen molar-refractivity contribution in [3.63, 3.8) is 0 Å². The van der Waals surface area contributed by atoms with Crippen LogP contribution < -0.4 is 5.73 Å². The summed E-state index contributed by atoms with van der Waals surface area (Å²) in [6.45, 7) is 2.10. The van der Waals surface area contributed by atoms with Gasteiger partial charge in [0.2, 0.25) is 0 Å². The van der Waals surface area contributed by atoms with E-state index in [1.54, 1.807) is 29.3 Å². The summed E-state index contributed by atoms with van der Waals surface area (Å²) >= 11 is 9.06. The van der Waals surface area contributed by atoms with E-state index in [0.29, 0.717) is 5.02 Å². The average Bonchev–Trinajstić information content (AvgIpc) is 3.04. The van der Waals surface area contributed by atoms with Gasteiger partial charge in [-0.3, -0.25) is 4.40 Å². The van der Waals surface area contributed by atoms with Gasteiger partial charge in [0.15, 0.2) is 4.96 Å². The van der Waals surface area contributed by atoms with Gasteiger partial charge in [0.25, 0.3) is 0 Å². The van der Waals surface area contributed by atoms with Crippen molar-refractivity contribution in [3.8, 4) is 0 Å². The van der Waals surface area contributed by atoms with E-state index in [2.05, 4.69) is 16.3 Å². The van der Waals surface area contributed by atoms with E-state index < -0.39 is 0 Å². The summed E-state index contributed by atoms with van der Waals surface area (Å²) in [6, 6.07) is 3.89. The number of halogens is 1. The number of hydrogen-bond donors (Lipinski definition) is 1. The second-order valence-corrected chi connectivity index (χ2v) is 7.03. The van der Waals surface area contributed by atoms with Crippen LogP contribution in [0, 0.1) is 0 Å².